The lowest BCUT2D eigenvalue weighted by Gasteiger charge is -2.24. The summed E-state index contributed by atoms with van der Waals surface area (Å²) < 4.78 is 10.8. The van der Waals surface area contributed by atoms with E-state index < -0.39 is 0 Å². The average Bonchev–Trinajstić information content (AvgIpc) is 2.44. The second kappa shape index (κ2) is 14.6. The summed E-state index contributed by atoms with van der Waals surface area (Å²) in [5, 5.41) is 0. The van der Waals surface area contributed by atoms with Crippen LogP contribution in [0.5, 0.6) is 0 Å². The third-order valence-electron chi connectivity index (χ3n) is 3.74. The van der Waals surface area contributed by atoms with E-state index in [0.717, 1.165) is 18.7 Å². The Hall–Kier alpha value is 0.210. The molecular weight excluding hydrogens is 260 g/mol. The van der Waals surface area contributed by atoms with E-state index in [1.165, 1.54) is 51.4 Å². The molecular formula is C16H33ClO2. The Kier molecular flexibility index (Phi) is 14.8. The van der Waals surface area contributed by atoms with E-state index in [1.54, 1.807) is 14.2 Å². The van der Waals surface area contributed by atoms with Crippen molar-refractivity contribution in [2.75, 3.05) is 20.1 Å². The number of alkyl halides is 1. The standard InChI is InChI=1S/C16H33ClO2/c1-4-5-6-7-8-9-10-12-15(13-11-14-17)16(18-2)19-3/h15-16H,4-14H2,1-3H3. The lowest BCUT2D eigenvalue weighted by molar-refractivity contribution is -0.140. The van der Waals surface area contributed by atoms with Crippen molar-refractivity contribution in [2.24, 2.45) is 5.92 Å². The molecule has 0 aliphatic heterocycles. The van der Waals surface area contributed by atoms with Crippen molar-refractivity contribution in [3.05, 3.63) is 0 Å². The highest BCUT2D eigenvalue weighted by molar-refractivity contribution is 6.17. The number of methoxy groups -OCH3 is 2. The van der Waals surface area contributed by atoms with Crippen LogP contribution in [-0.4, -0.2) is 26.4 Å². The van der Waals surface area contributed by atoms with Crippen LogP contribution in [0.3, 0.4) is 0 Å². The monoisotopic (exact) mass is 292 g/mol. The van der Waals surface area contributed by atoms with E-state index in [0.29, 0.717) is 5.92 Å². The topological polar surface area (TPSA) is 18.5 Å². The average molecular weight is 293 g/mol. The Balaban J connectivity index is 3.72. The van der Waals surface area contributed by atoms with Crippen LogP contribution in [0.1, 0.15) is 71.1 Å². The van der Waals surface area contributed by atoms with E-state index in [2.05, 4.69) is 6.92 Å². The first-order valence-electron chi connectivity index (χ1n) is 7.91. The van der Waals surface area contributed by atoms with Crippen molar-refractivity contribution in [3.8, 4) is 0 Å². The summed E-state index contributed by atoms with van der Waals surface area (Å²) in [4.78, 5) is 0. The molecule has 2 nitrogen and oxygen atoms in total. The highest BCUT2D eigenvalue weighted by atomic mass is 35.5. The first-order chi connectivity index (χ1) is 9.29. The van der Waals surface area contributed by atoms with Gasteiger partial charge in [0.15, 0.2) is 6.29 Å². The van der Waals surface area contributed by atoms with Gasteiger partial charge in [0.1, 0.15) is 0 Å². The van der Waals surface area contributed by atoms with Gasteiger partial charge in [0, 0.05) is 26.0 Å². The van der Waals surface area contributed by atoms with E-state index in [-0.39, 0.29) is 6.29 Å². The molecule has 0 aliphatic carbocycles. The Labute approximate surface area is 125 Å². The molecule has 0 spiro atoms. The maximum absolute atomic E-state index is 5.79. The molecule has 1 atom stereocenters. The van der Waals surface area contributed by atoms with Gasteiger partial charge in [-0.3, -0.25) is 0 Å². The first kappa shape index (κ1) is 19.2. The molecule has 0 bridgehead atoms. The van der Waals surface area contributed by atoms with Gasteiger partial charge in [-0.2, -0.15) is 0 Å². The fraction of sp³-hybridized carbons (Fsp3) is 1.00. The number of unbranched alkanes of at least 4 members (excludes halogenated alkanes) is 6. The molecule has 0 saturated carbocycles. The molecule has 0 fully saturated rings. The first-order valence-corrected chi connectivity index (χ1v) is 8.45. The van der Waals surface area contributed by atoms with Crippen molar-refractivity contribution < 1.29 is 9.47 Å². The van der Waals surface area contributed by atoms with Gasteiger partial charge in [-0.25, -0.2) is 0 Å². The third-order valence-corrected chi connectivity index (χ3v) is 4.00. The molecule has 3 heteroatoms. The maximum Gasteiger partial charge on any atom is 0.159 e. The van der Waals surface area contributed by atoms with Crippen LogP contribution in [0.25, 0.3) is 0 Å². The van der Waals surface area contributed by atoms with Gasteiger partial charge in [0.25, 0.3) is 0 Å². The van der Waals surface area contributed by atoms with Gasteiger partial charge in [0.05, 0.1) is 0 Å². The minimum atomic E-state index is -0.0664. The van der Waals surface area contributed by atoms with E-state index >= 15 is 0 Å². The van der Waals surface area contributed by atoms with Gasteiger partial charge >= 0.3 is 0 Å². The lowest BCUT2D eigenvalue weighted by atomic mass is 9.95. The molecule has 0 aromatic rings. The Morgan fingerprint density at radius 3 is 1.84 bits per heavy atom. The van der Waals surface area contributed by atoms with Crippen molar-refractivity contribution in [2.45, 2.75) is 77.4 Å². The van der Waals surface area contributed by atoms with E-state index in [1.807, 2.05) is 0 Å². The Morgan fingerprint density at radius 1 is 0.789 bits per heavy atom. The zero-order valence-corrected chi connectivity index (χ0v) is 13.9. The second-order valence-electron chi connectivity index (χ2n) is 5.34. The molecule has 0 rings (SSSR count). The van der Waals surface area contributed by atoms with Crippen LogP contribution in [-0.2, 0) is 9.47 Å². The van der Waals surface area contributed by atoms with Gasteiger partial charge in [0.2, 0.25) is 0 Å². The molecule has 116 valence electrons. The number of hydrogen-bond acceptors (Lipinski definition) is 2. The smallest absolute Gasteiger partial charge is 0.159 e. The minimum Gasteiger partial charge on any atom is -0.356 e. The van der Waals surface area contributed by atoms with Crippen LogP contribution >= 0.6 is 11.6 Å². The van der Waals surface area contributed by atoms with Crippen molar-refractivity contribution in [1.82, 2.24) is 0 Å². The van der Waals surface area contributed by atoms with Crippen LogP contribution in [0.15, 0.2) is 0 Å². The number of ether oxygens (including phenoxy) is 2. The predicted octanol–water partition coefficient (Wildman–Crippen LogP) is 5.38. The normalized spacial score (nSPS) is 13.1. The number of rotatable bonds is 14. The van der Waals surface area contributed by atoms with Gasteiger partial charge in [-0.15, -0.1) is 11.6 Å². The maximum atomic E-state index is 5.79. The quantitative estimate of drug-likeness (QED) is 0.243. The van der Waals surface area contributed by atoms with Crippen LogP contribution in [0.2, 0.25) is 0 Å². The second-order valence-corrected chi connectivity index (χ2v) is 5.72. The highest BCUT2D eigenvalue weighted by Crippen LogP contribution is 2.23. The number of hydrogen-bond donors (Lipinski definition) is 0. The molecule has 0 radical (unpaired) electrons. The summed E-state index contributed by atoms with van der Waals surface area (Å²) in [6.07, 6.45) is 12.7. The SMILES string of the molecule is CCCCCCCCCC(CCCCl)C(OC)OC. The van der Waals surface area contributed by atoms with Crippen molar-refractivity contribution in [1.29, 1.82) is 0 Å². The Bertz CT molecular complexity index is 172. The predicted molar refractivity (Wildman–Crippen MR) is 83.9 cm³/mol. The fourth-order valence-corrected chi connectivity index (χ4v) is 2.75. The molecule has 1 unspecified atom stereocenters. The van der Waals surface area contributed by atoms with Gasteiger partial charge in [-0.1, -0.05) is 51.9 Å². The van der Waals surface area contributed by atoms with Gasteiger partial charge in [-0.05, 0) is 19.3 Å². The Morgan fingerprint density at radius 2 is 1.32 bits per heavy atom. The summed E-state index contributed by atoms with van der Waals surface area (Å²) in [7, 11) is 3.46. The zero-order chi connectivity index (χ0) is 14.3. The summed E-state index contributed by atoms with van der Waals surface area (Å²) in [5.41, 5.74) is 0. The molecule has 0 heterocycles. The molecule has 0 N–H and O–H groups in total. The number of halogens is 1. The molecule has 0 aromatic carbocycles. The summed E-state index contributed by atoms with van der Waals surface area (Å²) in [5.74, 6) is 1.22. The van der Waals surface area contributed by atoms with E-state index in [4.69, 9.17) is 21.1 Å². The lowest BCUT2D eigenvalue weighted by Crippen LogP contribution is -2.25. The zero-order valence-electron chi connectivity index (χ0n) is 13.1. The third kappa shape index (κ3) is 10.6. The fourth-order valence-electron chi connectivity index (χ4n) is 2.60. The van der Waals surface area contributed by atoms with Crippen LogP contribution < -0.4 is 0 Å². The van der Waals surface area contributed by atoms with E-state index in [9.17, 15) is 0 Å². The highest BCUT2D eigenvalue weighted by Gasteiger charge is 2.19. The van der Waals surface area contributed by atoms with Gasteiger partial charge < -0.3 is 9.47 Å². The molecule has 0 aromatic heterocycles. The largest absolute Gasteiger partial charge is 0.356 e. The summed E-state index contributed by atoms with van der Waals surface area (Å²) >= 11 is 5.79. The minimum absolute atomic E-state index is 0.0664. The molecule has 0 saturated heterocycles. The summed E-state index contributed by atoms with van der Waals surface area (Å²) in [6, 6.07) is 0. The van der Waals surface area contributed by atoms with Crippen LogP contribution in [0, 0.1) is 5.92 Å². The molecule has 0 amide bonds. The summed E-state index contributed by atoms with van der Waals surface area (Å²) in [6.45, 7) is 2.26. The molecule has 19 heavy (non-hydrogen) atoms. The van der Waals surface area contributed by atoms with Crippen LogP contribution in [0.4, 0.5) is 0 Å². The van der Waals surface area contributed by atoms with Crippen molar-refractivity contribution in [3.63, 3.8) is 0 Å². The van der Waals surface area contributed by atoms with Crippen molar-refractivity contribution >= 4 is 11.6 Å². The molecule has 0 aliphatic rings.